The third-order valence-electron chi connectivity index (χ3n) is 4.19. The first-order chi connectivity index (χ1) is 13.0. The molecule has 1 unspecified atom stereocenters. The predicted octanol–water partition coefficient (Wildman–Crippen LogP) is 4.06. The van der Waals surface area contributed by atoms with Crippen LogP contribution < -0.4 is 10.9 Å². The first-order valence-corrected chi connectivity index (χ1v) is 9.64. The maximum atomic E-state index is 13.8. The van der Waals surface area contributed by atoms with Crippen LogP contribution in [-0.4, -0.2) is 20.7 Å². The van der Waals surface area contributed by atoms with Gasteiger partial charge in [0.1, 0.15) is 5.82 Å². The Labute approximate surface area is 160 Å². The molecule has 0 radical (unpaired) electrons. The molecular formula is C20H20FN3O2S. The Kier molecular flexibility index (Phi) is 5.91. The molecule has 0 fully saturated rings. The third-order valence-corrected chi connectivity index (χ3v) is 5.54. The molecule has 0 aliphatic rings. The zero-order valence-corrected chi connectivity index (χ0v) is 15.9. The molecule has 1 atom stereocenters. The number of thioether (sulfide) groups is 1. The van der Waals surface area contributed by atoms with Gasteiger partial charge in [-0.15, -0.1) is 0 Å². The Morgan fingerprint density at radius 3 is 2.59 bits per heavy atom. The molecule has 7 heteroatoms. The van der Waals surface area contributed by atoms with Gasteiger partial charge in [-0.3, -0.25) is 14.2 Å². The van der Waals surface area contributed by atoms with Crippen LogP contribution in [0.4, 0.5) is 10.1 Å². The number of anilines is 1. The summed E-state index contributed by atoms with van der Waals surface area (Å²) in [6, 6.07) is 13.2. The Morgan fingerprint density at radius 2 is 1.89 bits per heavy atom. The Balaban J connectivity index is 1.91. The van der Waals surface area contributed by atoms with Crippen LogP contribution in [0.25, 0.3) is 10.9 Å². The van der Waals surface area contributed by atoms with E-state index in [-0.39, 0.29) is 17.2 Å². The van der Waals surface area contributed by atoms with Crippen molar-refractivity contribution in [3.8, 4) is 0 Å². The summed E-state index contributed by atoms with van der Waals surface area (Å²) in [4.78, 5) is 29.9. The molecule has 0 spiro atoms. The van der Waals surface area contributed by atoms with Crippen LogP contribution in [0.15, 0.2) is 58.5 Å². The molecule has 1 heterocycles. The van der Waals surface area contributed by atoms with E-state index in [1.807, 2.05) is 19.9 Å². The molecule has 1 aromatic heterocycles. The number of halogens is 1. The van der Waals surface area contributed by atoms with Gasteiger partial charge in [0.25, 0.3) is 5.56 Å². The summed E-state index contributed by atoms with van der Waals surface area (Å²) >= 11 is 1.22. The number of amides is 1. The fraction of sp³-hybridized carbons (Fsp3) is 0.250. The summed E-state index contributed by atoms with van der Waals surface area (Å²) in [5.74, 6) is -0.808. The van der Waals surface area contributed by atoms with Crippen molar-refractivity contribution in [3.63, 3.8) is 0 Å². The molecule has 140 valence electrons. The first kappa shape index (κ1) is 19.1. The summed E-state index contributed by atoms with van der Waals surface area (Å²) in [6.45, 7) is 4.18. The smallest absolute Gasteiger partial charge is 0.262 e. The van der Waals surface area contributed by atoms with Crippen molar-refractivity contribution in [1.82, 2.24) is 9.55 Å². The Hall–Kier alpha value is -2.67. The number of carbonyl (C=O) groups is 1. The maximum absolute atomic E-state index is 13.8. The summed E-state index contributed by atoms with van der Waals surface area (Å²) in [5, 5.41) is 3.15. The number of fused-ring (bicyclic) bond motifs is 1. The van der Waals surface area contributed by atoms with Gasteiger partial charge in [0.15, 0.2) is 5.16 Å². The van der Waals surface area contributed by atoms with Crippen molar-refractivity contribution in [3.05, 3.63) is 64.7 Å². The van der Waals surface area contributed by atoms with E-state index in [1.165, 1.54) is 23.9 Å². The lowest BCUT2D eigenvalue weighted by Gasteiger charge is -2.17. The summed E-state index contributed by atoms with van der Waals surface area (Å²) < 4.78 is 15.4. The highest BCUT2D eigenvalue weighted by atomic mass is 32.2. The van der Waals surface area contributed by atoms with Crippen LogP contribution in [0.5, 0.6) is 0 Å². The molecule has 1 amide bonds. The molecule has 3 rings (SSSR count). The van der Waals surface area contributed by atoms with Crippen molar-refractivity contribution in [2.24, 2.45) is 0 Å². The first-order valence-electron chi connectivity index (χ1n) is 8.76. The van der Waals surface area contributed by atoms with Gasteiger partial charge in [0.05, 0.1) is 21.8 Å². The van der Waals surface area contributed by atoms with Gasteiger partial charge >= 0.3 is 0 Å². The van der Waals surface area contributed by atoms with Gasteiger partial charge < -0.3 is 5.32 Å². The highest BCUT2D eigenvalue weighted by Gasteiger charge is 2.22. The number of hydrogen-bond donors (Lipinski definition) is 1. The van der Waals surface area contributed by atoms with Gasteiger partial charge in [-0.05, 0) is 37.6 Å². The van der Waals surface area contributed by atoms with E-state index in [0.717, 1.165) is 0 Å². The van der Waals surface area contributed by atoms with Gasteiger partial charge in [0.2, 0.25) is 5.91 Å². The number of nitrogens with zero attached hydrogens (tertiary/aromatic N) is 2. The van der Waals surface area contributed by atoms with Crippen molar-refractivity contribution < 1.29 is 9.18 Å². The normalized spacial score (nSPS) is 12.1. The lowest BCUT2D eigenvalue weighted by Crippen LogP contribution is -2.28. The highest BCUT2D eigenvalue weighted by Crippen LogP contribution is 2.26. The molecule has 2 aromatic carbocycles. The number of para-hydroxylation sites is 2. The van der Waals surface area contributed by atoms with E-state index in [4.69, 9.17) is 0 Å². The minimum absolute atomic E-state index is 0.130. The summed E-state index contributed by atoms with van der Waals surface area (Å²) in [6.07, 6.45) is 0.511. The molecule has 1 N–H and O–H groups in total. The van der Waals surface area contributed by atoms with Crippen LogP contribution in [0, 0.1) is 5.82 Å². The van der Waals surface area contributed by atoms with Crippen LogP contribution in [0.2, 0.25) is 0 Å². The van der Waals surface area contributed by atoms with Crippen molar-refractivity contribution in [1.29, 1.82) is 0 Å². The number of rotatable bonds is 6. The number of nitrogens with one attached hydrogen (secondary N) is 1. The van der Waals surface area contributed by atoms with Crippen LogP contribution in [0.3, 0.4) is 0 Å². The number of carbonyl (C=O) groups excluding carboxylic acids is 1. The van der Waals surface area contributed by atoms with Crippen molar-refractivity contribution in [2.75, 3.05) is 5.32 Å². The molecule has 5 nitrogen and oxygen atoms in total. The fourth-order valence-electron chi connectivity index (χ4n) is 2.74. The molecule has 0 aliphatic heterocycles. The largest absolute Gasteiger partial charge is 0.323 e. The van der Waals surface area contributed by atoms with Gasteiger partial charge in [-0.2, -0.15) is 0 Å². The molecule has 0 saturated heterocycles. The standard InChI is InChI=1S/C20H20FN3O2S/c1-3-17(18(25)22-16-12-8-6-10-14(16)21)27-20-23-15-11-7-5-9-13(15)19(26)24(20)4-2/h5-12,17H,3-4H2,1-2H3,(H,22,25). The van der Waals surface area contributed by atoms with Gasteiger partial charge in [0, 0.05) is 6.54 Å². The Bertz CT molecular complexity index is 1040. The highest BCUT2D eigenvalue weighted by molar-refractivity contribution is 8.00. The molecule has 0 saturated carbocycles. The quantitative estimate of drug-likeness (QED) is 0.513. The lowest BCUT2D eigenvalue weighted by molar-refractivity contribution is -0.115. The SMILES string of the molecule is CCC(Sc1nc2ccccc2c(=O)n1CC)C(=O)Nc1ccccc1F. The van der Waals surface area contributed by atoms with Crippen LogP contribution in [0.1, 0.15) is 20.3 Å². The van der Waals surface area contributed by atoms with Crippen molar-refractivity contribution >= 4 is 34.3 Å². The summed E-state index contributed by atoms with van der Waals surface area (Å²) in [7, 11) is 0. The Morgan fingerprint density at radius 1 is 1.19 bits per heavy atom. The number of aromatic nitrogens is 2. The summed E-state index contributed by atoms with van der Waals surface area (Å²) in [5.41, 5.74) is 0.606. The van der Waals surface area contributed by atoms with E-state index < -0.39 is 11.1 Å². The van der Waals surface area contributed by atoms with Crippen LogP contribution >= 0.6 is 11.8 Å². The number of benzene rings is 2. The second-order valence-electron chi connectivity index (χ2n) is 5.94. The predicted molar refractivity (Wildman–Crippen MR) is 107 cm³/mol. The zero-order valence-electron chi connectivity index (χ0n) is 15.1. The minimum atomic E-state index is -0.504. The lowest BCUT2D eigenvalue weighted by atomic mass is 10.2. The molecular weight excluding hydrogens is 365 g/mol. The molecule has 0 bridgehead atoms. The second kappa shape index (κ2) is 8.35. The van der Waals surface area contributed by atoms with Crippen molar-refractivity contribution in [2.45, 2.75) is 37.2 Å². The van der Waals surface area contributed by atoms with E-state index >= 15 is 0 Å². The minimum Gasteiger partial charge on any atom is -0.323 e. The zero-order chi connectivity index (χ0) is 19.4. The van der Waals surface area contributed by atoms with Crippen LogP contribution in [-0.2, 0) is 11.3 Å². The maximum Gasteiger partial charge on any atom is 0.262 e. The topological polar surface area (TPSA) is 64.0 Å². The average Bonchev–Trinajstić information content (AvgIpc) is 2.68. The average molecular weight is 385 g/mol. The van der Waals surface area contributed by atoms with E-state index in [0.29, 0.717) is 29.0 Å². The molecule has 3 aromatic rings. The number of hydrogen-bond acceptors (Lipinski definition) is 4. The third kappa shape index (κ3) is 4.03. The van der Waals surface area contributed by atoms with Gasteiger partial charge in [-0.1, -0.05) is 43.0 Å². The van der Waals surface area contributed by atoms with E-state index in [2.05, 4.69) is 10.3 Å². The fourth-order valence-corrected chi connectivity index (χ4v) is 3.82. The molecule has 0 aliphatic carbocycles. The monoisotopic (exact) mass is 385 g/mol. The van der Waals surface area contributed by atoms with E-state index in [9.17, 15) is 14.0 Å². The van der Waals surface area contributed by atoms with E-state index in [1.54, 1.807) is 34.9 Å². The molecule has 27 heavy (non-hydrogen) atoms. The second-order valence-corrected chi connectivity index (χ2v) is 7.11. The van der Waals surface area contributed by atoms with Gasteiger partial charge in [-0.25, -0.2) is 9.37 Å².